The van der Waals surface area contributed by atoms with Crippen molar-refractivity contribution in [2.24, 2.45) is 0 Å². The quantitative estimate of drug-likeness (QED) is 0.725. The van der Waals surface area contributed by atoms with Gasteiger partial charge in [0.25, 0.3) is 0 Å². The fourth-order valence-corrected chi connectivity index (χ4v) is 0.890. The van der Waals surface area contributed by atoms with Crippen LogP contribution in [0.1, 0.15) is 5.56 Å². The SMILES string of the molecule is COC(=O)Nc1cc(F)ccc1C. The summed E-state index contributed by atoms with van der Waals surface area (Å²) in [6.07, 6.45) is -0.603. The van der Waals surface area contributed by atoms with Crippen LogP contribution in [-0.2, 0) is 4.74 Å². The van der Waals surface area contributed by atoms with E-state index in [9.17, 15) is 9.18 Å². The summed E-state index contributed by atoms with van der Waals surface area (Å²) in [4.78, 5) is 10.8. The van der Waals surface area contributed by atoms with Crippen LogP contribution in [0.5, 0.6) is 0 Å². The van der Waals surface area contributed by atoms with E-state index >= 15 is 0 Å². The van der Waals surface area contributed by atoms with Gasteiger partial charge in [-0.1, -0.05) is 6.07 Å². The van der Waals surface area contributed by atoms with Crippen LogP contribution < -0.4 is 5.32 Å². The number of nitrogens with one attached hydrogen (secondary N) is 1. The molecule has 13 heavy (non-hydrogen) atoms. The number of anilines is 1. The third-order valence-electron chi connectivity index (χ3n) is 1.62. The fourth-order valence-electron chi connectivity index (χ4n) is 0.890. The summed E-state index contributed by atoms with van der Waals surface area (Å²) in [5.41, 5.74) is 1.21. The van der Waals surface area contributed by atoms with Gasteiger partial charge in [-0.05, 0) is 24.6 Å². The smallest absolute Gasteiger partial charge is 0.411 e. The van der Waals surface area contributed by atoms with Crippen LogP contribution in [0, 0.1) is 12.7 Å². The Balaban J connectivity index is 2.87. The Morgan fingerprint density at radius 1 is 1.54 bits per heavy atom. The lowest BCUT2D eigenvalue weighted by Crippen LogP contribution is -2.11. The summed E-state index contributed by atoms with van der Waals surface area (Å²) in [6, 6.07) is 4.16. The van der Waals surface area contributed by atoms with Crippen LogP contribution in [0.4, 0.5) is 14.9 Å². The number of methoxy groups -OCH3 is 1. The zero-order valence-electron chi connectivity index (χ0n) is 7.43. The van der Waals surface area contributed by atoms with Crippen LogP contribution in [-0.4, -0.2) is 13.2 Å². The van der Waals surface area contributed by atoms with E-state index in [1.807, 2.05) is 0 Å². The van der Waals surface area contributed by atoms with E-state index in [2.05, 4.69) is 10.1 Å². The monoisotopic (exact) mass is 183 g/mol. The Hall–Kier alpha value is -1.58. The van der Waals surface area contributed by atoms with Crippen molar-refractivity contribution in [3.8, 4) is 0 Å². The number of amides is 1. The van der Waals surface area contributed by atoms with Crippen molar-refractivity contribution in [2.75, 3.05) is 12.4 Å². The third kappa shape index (κ3) is 2.43. The molecule has 70 valence electrons. The predicted octanol–water partition coefficient (Wildman–Crippen LogP) is 2.31. The lowest BCUT2D eigenvalue weighted by atomic mass is 10.2. The van der Waals surface area contributed by atoms with E-state index in [4.69, 9.17) is 0 Å². The largest absolute Gasteiger partial charge is 0.453 e. The first-order valence-corrected chi connectivity index (χ1v) is 3.74. The number of hydrogen-bond acceptors (Lipinski definition) is 2. The second-order valence-corrected chi connectivity index (χ2v) is 2.58. The normalized spacial score (nSPS) is 9.46. The summed E-state index contributed by atoms with van der Waals surface area (Å²) in [5.74, 6) is -0.392. The Bertz CT molecular complexity index is 325. The molecule has 1 N–H and O–H groups in total. The molecular weight excluding hydrogens is 173 g/mol. The lowest BCUT2D eigenvalue weighted by Gasteiger charge is -2.06. The number of hydrogen-bond donors (Lipinski definition) is 1. The molecule has 0 saturated carbocycles. The molecule has 0 atom stereocenters. The topological polar surface area (TPSA) is 38.3 Å². The summed E-state index contributed by atoms with van der Waals surface area (Å²) >= 11 is 0. The molecule has 0 aliphatic heterocycles. The average Bonchev–Trinajstić information content (AvgIpc) is 2.11. The average molecular weight is 183 g/mol. The molecule has 0 aliphatic rings. The van der Waals surface area contributed by atoms with Crippen LogP contribution in [0.2, 0.25) is 0 Å². The molecule has 1 aromatic rings. The number of rotatable bonds is 1. The van der Waals surface area contributed by atoms with Gasteiger partial charge in [-0.3, -0.25) is 5.32 Å². The highest BCUT2D eigenvalue weighted by Gasteiger charge is 2.04. The molecule has 1 rings (SSSR count). The highest BCUT2D eigenvalue weighted by atomic mass is 19.1. The van der Waals surface area contributed by atoms with E-state index < -0.39 is 11.9 Å². The van der Waals surface area contributed by atoms with E-state index in [0.29, 0.717) is 5.69 Å². The van der Waals surface area contributed by atoms with Crippen molar-refractivity contribution in [1.29, 1.82) is 0 Å². The first-order chi connectivity index (χ1) is 6.13. The number of halogens is 1. The zero-order chi connectivity index (χ0) is 9.84. The minimum Gasteiger partial charge on any atom is -0.453 e. The maximum absolute atomic E-state index is 12.7. The first-order valence-electron chi connectivity index (χ1n) is 3.74. The summed E-state index contributed by atoms with van der Waals surface area (Å²) in [6.45, 7) is 1.77. The third-order valence-corrected chi connectivity index (χ3v) is 1.62. The van der Waals surface area contributed by atoms with Gasteiger partial charge in [0.2, 0.25) is 0 Å². The zero-order valence-corrected chi connectivity index (χ0v) is 7.43. The number of aryl methyl sites for hydroxylation is 1. The standard InChI is InChI=1S/C9H10FNO2/c1-6-3-4-7(10)5-8(6)11-9(12)13-2/h3-5H,1-2H3,(H,11,12). The van der Waals surface area contributed by atoms with Crippen molar-refractivity contribution in [3.63, 3.8) is 0 Å². The molecule has 0 unspecified atom stereocenters. The molecule has 1 aromatic carbocycles. The summed E-state index contributed by atoms with van der Waals surface area (Å²) in [5, 5.41) is 2.40. The van der Waals surface area contributed by atoms with Gasteiger partial charge in [-0.2, -0.15) is 0 Å². The Morgan fingerprint density at radius 3 is 2.85 bits per heavy atom. The highest BCUT2D eigenvalue weighted by Crippen LogP contribution is 2.15. The summed E-state index contributed by atoms with van der Waals surface area (Å²) in [7, 11) is 1.25. The number of benzene rings is 1. The van der Waals surface area contributed by atoms with Gasteiger partial charge >= 0.3 is 6.09 Å². The van der Waals surface area contributed by atoms with Crippen molar-refractivity contribution >= 4 is 11.8 Å². The van der Waals surface area contributed by atoms with Gasteiger partial charge < -0.3 is 4.74 Å². The number of ether oxygens (including phenoxy) is 1. The van der Waals surface area contributed by atoms with Gasteiger partial charge in [-0.15, -0.1) is 0 Å². The molecule has 4 heteroatoms. The number of carbonyl (C=O) groups is 1. The van der Waals surface area contributed by atoms with E-state index in [-0.39, 0.29) is 0 Å². The van der Waals surface area contributed by atoms with Crippen LogP contribution >= 0.6 is 0 Å². The van der Waals surface area contributed by atoms with Crippen molar-refractivity contribution in [3.05, 3.63) is 29.6 Å². The molecule has 0 spiro atoms. The molecule has 0 heterocycles. The van der Waals surface area contributed by atoms with Gasteiger partial charge in [0.15, 0.2) is 0 Å². The molecule has 0 fully saturated rings. The molecular formula is C9H10FNO2. The predicted molar refractivity (Wildman–Crippen MR) is 47.2 cm³/mol. The summed E-state index contributed by atoms with van der Waals surface area (Å²) < 4.78 is 17.1. The molecule has 0 radical (unpaired) electrons. The van der Waals surface area contributed by atoms with Crippen molar-refractivity contribution in [1.82, 2.24) is 0 Å². The Labute approximate surface area is 75.5 Å². The minimum atomic E-state index is -0.603. The van der Waals surface area contributed by atoms with Gasteiger partial charge in [0.05, 0.1) is 7.11 Å². The first kappa shape index (κ1) is 9.51. The Kier molecular flexibility index (Phi) is 2.84. The maximum Gasteiger partial charge on any atom is 0.411 e. The van der Waals surface area contributed by atoms with Crippen molar-refractivity contribution in [2.45, 2.75) is 6.92 Å². The van der Waals surface area contributed by atoms with E-state index in [0.717, 1.165) is 5.56 Å². The van der Waals surface area contributed by atoms with Gasteiger partial charge in [0.1, 0.15) is 5.82 Å². The maximum atomic E-state index is 12.7. The second kappa shape index (κ2) is 3.89. The van der Waals surface area contributed by atoms with Crippen molar-refractivity contribution < 1.29 is 13.9 Å². The van der Waals surface area contributed by atoms with E-state index in [1.165, 1.54) is 19.2 Å². The number of carbonyl (C=O) groups excluding carboxylic acids is 1. The van der Waals surface area contributed by atoms with Gasteiger partial charge in [0, 0.05) is 5.69 Å². The highest BCUT2D eigenvalue weighted by molar-refractivity contribution is 5.85. The second-order valence-electron chi connectivity index (χ2n) is 2.58. The van der Waals surface area contributed by atoms with Gasteiger partial charge in [-0.25, -0.2) is 9.18 Å². The molecule has 1 amide bonds. The fraction of sp³-hybridized carbons (Fsp3) is 0.222. The molecule has 0 bridgehead atoms. The van der Waals surface area contributed by atoms with Crippen LogP contribution in [0.3, 0.4) is 0 Å². The molecule has 3 nitrogen and oxygen atoms in total. The van der Waals surface area contributed by atoms with E-state index in [1.54, 1.807) is 13.0 Å². The molecule has 0 aromatic heterocycles. The van der Waals surface area contributed by atoms with Crippen LogP contribution in [0.25, 0.3) is 0 Å². The lowest BCUT2D eigenvalue weighted by molar-refractivity contribution is 0.187. The molecule has 0 saturated heterocycles. The molecule has 0 aliphatic carbocycles. The van der Waals surface area contributed by atoms with Crippen LogP contribution in [0.15, 0.2) is 18.2 Å². The minimum absolute atomic E-state index is 0.392. The Morgan fingerprint density at radius 2 is 2.23 bits per heavy atom.